The van der Waals surface area contributed by atoms with Crippen LogP contribution in [0.5, 0.6) is 0 Å². The van der Waals surface area contributed by atoms with E-state index in [9.17, 15) is 0 Å². The third-order valence-corrected chi connectivity index (χ3v) is 2.49. The number of hydrogen-bond acceptors (Lipinski definition) is 2. The normalized spacial score (nSPS) is 25.9. The average Bonchev–Trinajstić information content (AvgIpc) is 2.15. The third kappa shape index (κ3) is 3.05. The molecule has 1 saturated carbocycles. The highest BCUT2D eigenvalue weighted by Gasteiger charge is 2.18. The van der Waals surface area contributed by atoms with Gasteiger partial charge < -0.3 is 11.5 Å². The molecule has 0 saturated heterocycles. The molecular formula is C9H18N4. The molecule has 0 aliphatic heterocycles. The summed E-state index contributed by atoms with van der Waals surface area (Å²) in [7, 11) is 0. The molecule has 4 nitrogen and oxygen atoms in total. The Morgan fingerprint density at radius 3 is 2.85 bits per heavy atom. The Morgan fingerprint density at radius 2 is 2.23 bits per heavy atom. The summed E-state index contributed by atoms with van der Waals surface area (Å²) in [5.41, 5.74) is 11.6. The zero-order valence-electron chi connectivity index (χ0n) is 8.16. The minimum atomic E-state index is 0.0490. The Bertz CT molecular complexity index is 216. The molecule has 0 bridgehead atoms. The summed E-state index contributed by atoms with van der Waals surface area (Å²) in [5, 5.41) is 7.80. The van der Waals surface area contributed by atoms with Crippen LogP contribution in [0.25, 0.3) is 0 Å². The van der Waals surface area contributed by atoms with Crippen molar-refractivity contribution in [3.05, 3.63) is 0 Å². The minimum absolute atomic E-state index is 0.0490. The summed E-state index contributed by atoms with van der Waals surface area (Å²) < 4.78 is 0. The van der Waals surface area contributed by atoms with E-state index in [2.05, 4.69) is 17.1 Å². The molecule has 1 aliphatic carbocycles. The Hall–Kier alpha value is -1.06. The smallest absolute Gasteiger partial charge is 0.211 e. The second-order valence-corrected chi connectivity index (χ2v) is 3.47. The van der Waals surface area contributed by atoms with Gasteiger partial charge in [0.05, 0.1) is 0 Å². The molecule has 1 fully saturated rings. The molecule has 0 radical (unpaired) electrons. The van der Waals surface area contributed by atoms with Gasteiger partial charge in [0.1, 0.15) is 0 Å². The van der Waals surface area contributed by atoms with Crippen LogP contribution in [0.3, 0.4) is 0 Å². The maximum atomic E-state index is 5.22. The van der Waals surface area contributed by atoms with E-state index in [1.165, 1.54) is 25.0 Å². The van der Waals surface area contributed by atoms with Crippen molar-refractivity contribution in [3.8, 4) is 0 Å². The number of rotatable bonds is 2. The SMILES string of the molecule is CCC1CCCC/C1=N\N=C(N)N. The predicted octanol–water partition coefficient (Wildman–Crippen LogP) is 1.22. The van der Waals surface area contributed by atoms with E-state index in [0.717, 1.165) is 12.8 Å². The first-order valence-corrected chi connectivity index (χ1v) is 4.89. The molecule has 0 heterocycles. The van der Waals surface area contributed by atoms with E-state index in [-0.39, 0.29) is 5.96 Å². The highest BCUT2D eigenvalue weighted by molar-refractivity contribution is 5.88. The summed E-state index contributed by atoms with van der Waals surface area (Å²) in [4.78, 5) is 0. The molecule has 0 aromatic heterocycles. The van der Waals surface area contributed by atoms with Crippen molar-refractivity contribution in [1.82, 2.24) is 0 Å². The van der Waals surface area contributed by atoms with Crippen LogP contribution < -0.4 is 11.5 Å². The predicted molar refractivity (Wildman–Crippen MR) is 55.5 cm³/mol. The molecule has 4 N–H and O–H groups in total. The highest BCUT2D eigenvalue weighted by atomic mass is 15.3. The fourth-order valence-corrected chi connectivity index (χ4v) is 1.76. The van der Waals surface area contributed by atoms with Gasteiger partial charge in [0, 0.05) is 5.71 Å². The zero-order chi connectivity index (χ0) is 9.68. The van der Waals surface area contributed by atoms with Crippen molar-refractivity contribution in [1.29, 1.82) is 0 Å². The van der Waals surface area contributed by atoms with Gasteiger partial charge in [-0.3, -0.25) is 0 Å². The summed E-state index contributed by atoms with van der Waals surface area (Å²) in [5.74, 6) is 0.643. The average molecular weight is 182 g/mol. The van der Waals surface area contributed by atoms with Gasteiger partial charge in [0.25, 0.3) is 0 Å². The van der Waals surface area contributed by atoms with Crippen molar-refractivity contribution in [2.45, 2.75) is 39.0 Å². The van der Waals surface area contributed by atoms with Crippen LogP contribution in [0.15, 0.2) is 10.2 Å². The van der Waals surface area contributed by atoms with Gasteiger partial charge in [-0.15, -0.1) is 5.10 Å². The molecular weight excluding hydrogens is 164 g/mol. The number of nitrogens with two attached hydrogens (primary N) is 2. The lowest BCUT2D eigenvalue weighted by molar-refractivity contribution is 0.513. The fourth-order valence-electron chi connectivity index (χ4n) is 1.76. The molecule has 0 spiro atoms. The first kappa shape index (κ1) is 10.0. The monoisotopic (exact) mass is 182 g/mol. The van der Waals surface area contributed by atoms with Gasteiger partial charge in [-0.2, -0.15) is 5.10 Å². The van der Waals surface area contributed by atoms with Gasteiger partial charge in [0.15, 0.2) is 0 Å². The number of guanidine groups is 1. The van der Waals surface area contributed by atoms with Crippen LogP contribution in [-0.2, 0) is 0 Å². The van der Waals surface area contributed by atoms with Gasteiger partial charge in [0.2, 0.25) is 5.96 Å². The van der Waals surface area contributed by atoms with Crippen molar-refractivity contribution < 1.29 is 0 Å². The molecule has 0 amide bonds. The molecule has 0 aromatic carbocycles. The zero-order valence-corrected chi connectivity index (χ0v) is 8.16. The number of nitrogens with zero attached hydrogens (tertiary/aromatic N) is 2. The third-order valence-electron chi connectivity index (χ3n) is 2.49. The van der Waals surface area contributed by atoms with Crippen molar-refractivity contribution in [3.63, 3.8) is 0 Å². The molecule has 13 heavy (non-hydrogen) atoms. The van der Waals surface area contributed by atoms with Crippen LogP contribution in [-0.4, -0.2) is 11.7 Å². The van der Waals surface area contributed by atoms with Crippen LogP contribution >= 0.6 is 0 Å². The van der Waals surface area contributed by atoms with E-state index < -0.39 is 0 Å². The maximum absolute atomic E-state index is 5.22. The van der Waals surface area contributed by atoms with Crippen molar-refractivity contribution >= 4 is 11.7 Å². The second kappa shape index (κ2) is 4.84. The van der Waals surface area contributed by atoms with Crippen molar-refractivity contribution in [2.75, 3.05) is 0 Å². The van der Waals surface area contributed by atoms with Gasteiger partial charge in [-0.05, 0) is 31.6 Å². The van der Waals surface area contributed by atoms with E-state index in [4.69, 9.17) is 11.5 Å². The molecule has 1 atom stereocenters. The topological polar surface area (TPSA) is 76.8 Å². The molecule has 4 heteroatoms. The molecule has 0 aromatic rings. The molecule has 1 aliphatic rings. The summed E-state index contributed by atoms with van der Waals surface area (Å²) in [6.07, 6.45) is 5.94. The van der Waals surface area contributed by atoms with E-state index in [1.54, 1.807) is 0 Å². The fraction of sp³-hybridized carbons (Fsp3) is 0.778. The Kier molecular flexibility index (Phi) is 3.73. The molecule has 1 rings (SSSR count). The summed E-state index contributed by atoms with van der Waals surface area (Å²) >= 11 is 0. The Morgan fingerprint density at radius 1 is 1.46 bits per heavy atom. The number of hydrogen-bond donors (Lipinski definition) is 2. The molecule has 1 unspecified atom stereocenters. The van der Waals surface area contributed by atoms with Gasteiger partial charge >= 0.3 is 0 Å². The van der Waals surface area contributed by atoms with Crippen molar-refractivity contribution in [2.24, 2.45) is 27.6 Å². The standard InChI is InChI=1S/C9H18N4/c1-2-7-5-3-4-6-8(7)12-13-9(10)11/h7H,2-6H2,1H3,(H4,10,11,13)/b12-8+. The lowest BCUT2D eigenvalue weighted by Crippen LogP contribution is -2.23. The summed E-state index contributed by atoms with van der Waals surface area (Å²) in [6.45, 7) is 2.18. The Balaban J connectivity index is 2.63. The van der Waals surface area contributed by atoms with Gasteiger partial charge in [-0.1, -0.05) is 13.3 Å². The van der Waals surface area contributed by atoms with Crippen LogP contribution in [0.4, 0.5) is 0 Å². The van der Waals surface area contributed by atoms with Gasteiger partial charge in [-0.25, -0.2) is 0 Å². The van der Waals surface area contributed by atoms with Crippen LogP contribution in [0, 0.1) is 5.92 Å². The Labute approximate surface area is 79.1 Å². The van der Waals surface area contributed by atoms with E-state index in [0.29, 0.717) is 5.92 Å². The first-order valence-electron chi connectivity index (χ1n) is 4.89. The van der Waals surface area contributed by atoms with Crippen LogP contribution in [0.1, 0.15) is 39.0 Å². The minimum Gasteiger partial charge on any atom is -0.369 e. The van der Waals surface area contributed by atoms with E-state index >= 15 is 0 Å². The lowest BCUT2D eigenvalue weighted by Gasteiger charge is -2.21. The summed E-state index contributed by atoms with van der Waals surface area (Å²) in [6, 6.07) is 0. The van der Waals surface area contributed by atoms with Crippen LogP contribution in [0.2, 0.25) is 0 Å². The highest BCUT2D eigenvalue weighted by Crippen LogP contribution is 2.24. The largest absolute Gasteiger partial charge is 0.369 e. The second-order valence-electron chi connectivity index (χ2n) is 3.47. The lowest BCUT2D eigenvalue weighted by atomic mass is 9.86. The first-order chi connectivity index (χ1) is 6.24. The quantitative estimate of drug-likeness (QED) is 0.382. The van der Waals surface area contributed by atoms with E-state index in [1.807, 2.05) is 0 Å². The molecule has 74 valence electrons. The maximum Gasteiger partial charge on any atom is 0.211 e.